The van der Waals surface area contributed by atoms with Gasteiger partial charge in [-0.2, -0.15) is 0 Å². The molecule has 0 heterocycles. The van der Waals surface area contributed by atoms with E-state index in [1.54, 1.807) is 6.08 Å². The first-order valence-corrected chi connectivity index (χ1v) is 5.92. The van der Waals surface area contributed by atoms with E-state index in [9.17, 15) is 5.11 Å². The second kappa shape index (κ2) is 8.48. The third-order valence-electron chi connectivity index (χ3n) is 2.38. The average Bonchev–Trinajstić information content (AvgIpc) is 2.40. The van der Waals surface area contributed by atoms with E-state index >= 15 is 0 Å². The molecule has 3 nitrogen and oxygen atoms in total. The standard InChI is InChI=1S/C15H19NO2/c1-2-10-16(12-15(18)13-17)11-6-9-14-7-4-3-5-8-14/h2-5,7-8,15,17-18H,1,10-13H2. The van der Waals surface area contributed by atoms with Crippen LogP contribution in [0.15, 0.2) is 43.0 Å². The summed E-state index contributed by atoms with van der Waals surface area (Å²) < 4.78 is 0. The molecule has 1 atom stereocenters. The van der Waals surface area contributed by atoms with Gasteiger partial charge in [-0.25, -0.2) is 0 Å². The third-order valence-corrected chi connectivity index (χ3v) is 2.38. The summed E-state index contributed by atoms with van der Waals surface area (Å²) in [6.07, 6.45) is 1.03. The summed E-state index contributed by atoms with van der Waals surface area (Å²) in [5, 5.41) is 18.2. The zero-order valence-electron chi connectivity index (χ0n) is 10.4. The van der Waals surface area contributed by atoms with E-state index in [1.165, 1.54) is 0 Å². The van der Waals surface area contributed by atoms with Gasteiger partial charge in [-0.05, 0) is 12.1 Å². The van der Waals surface area contributed by atoms with Gasteiger partial charge < -0.3 is 10.2 Å². The number of nitrogens with zero attached hydrogens (tertiary/aromatic N) is 1. The molecule has 0 saturated carbocycles. The molecular weight excluding hydrogens is 226 g/mol. The molecule has 1 aromatic rings. The lowest BCUT2D eigenvalue weighted by atomic mass is 10.2. The molecule has 1 unspecified atom stereocenters. The van der Waals surface area contributed by atoms with Crippen LogP contribution in [0.5, 0.6) is 0 Å². The van der Waals surface area contributed by atoms with Crippen LogP contribution in [0.4, 0.5) is 0 Å². The molecule has 0 bridgehead atoms. The third kappa shape index (κ3) is 5.65. The van der Waals surface area contributed by atoms with E-state index in [-0.39, 0.29) is 6.61 Å². The predicted molar refractivity (Wildman–Crippen MR) is 73.0 cm³/mol. The number of hydrogen-bond acceptors (Lipinski definition) is 3. The van der Waals surface area contributed by atoms with Crippen LogP contribution in [0, 0.1) is 11.8 Å². The highest BCUT2D eigenvalue weighted by atomic mass is 16.3. The Bertz CT molecular complexity index is 405. The molecule has 0 aliphatic heterocycles. The van der Waals surface area contributed by atoms with Gasteiger partial charge in [-0.15, -0.1) is 6.58 Å². The minimum atomic E-state index is -0.733. The second-order valence-corrected chi connectivity index (χ2v) is 3.99. The zero-order valence-corrected chi connectivity index (χ0v) is 10.4. The van der Waals surface area contributed by atoms with Crippen molar-refractivity contribution >= 4 is 0 Å². The fourth-order valence-electron chi connectivity index (χ4n) is 1.52. The first-order chi connectivity index (χ1) is 8.76. The topological polar surface area (TPSA) is 43.7 Å². The molecule has 1 aromatic carbocycles. The highest BCUT2D eigenvalue weighted by Gasteiger charge is 2.07. The van der Waals surface area contributed by atoms with Crippen molar-refractivity contribution in [3.05, 3.63) is 48.6 Å². The summed E-state index contributed by atoms with van der Waals surface area (Å²) in [6.45, 7) is 5.00. The summed E-state index contributed by atoms with van der Waals surface area (Å²) in [5.41, 5.74) is 0.971. The van der Waals surface area contributed by atoms with Gasteiger partial charge in [0.1, 0.15) is 0 Å². The van der Waals surface area contributed by atoms with Crippen molar-refractivity contribution in [1.82, 2.24) is 4.90 Å². The maximum absolute atomic E-state index is 9.40. The van der Waals surface area contributed by atoms with Crippen molar-refractivity contribution < 1.29 is 10.2 Å². The van der Waals surface area contributed by atoms with Crippen molar-refractivity contribution in [3.63, 3.8) is 0 Å². The second-order valence-electron chi connectivity index (χ2n) is 3.99. The van der Waals surface area contributed by atoms with Crippen molar-refractivity contribution in [2.75, 3.05) is 26.2 Å². The molecule has 0 aromatic heterocycles. The van der Waals surface area contributed by atoms with Crippen LogP contribution in [0.25, 0.3) is 0 Å². The van der Waals surface area contributed by atoms with Crippen molar-refractivity contribution in [1.29, 1.82) is 0 Å². The molecule has 18 heavy (non-hydrogen) atoms. The highest BCUT2D eigenvalue weighted by molar-refractivity contribution is 5.33. The van der Waals surface area contributed by atoms with Gasteiger partial charge in [0.15, 0.2) is 0 Å². The van der Waals surface area contributed by atoms with Gasteiger partial charge >= 0.3 is 0 Å². The summed E-state index contributed by atoms with van der Waals surface area (Å²) in [5.74, 6) is 6.11. The lowest BCUT2D eigenvalue weighted by molar-refractivity contribution is 0.0663. The van der Waals surface area contributed by atoms with Crippen molar-refractivity contribution in [3.8, 4) is 11.8 Å². The Hall–Kier alpha value is -1.60. The van der Waals surface area contributed by atoms with E-state index in [1.807, 2.05) is 35.2 Å². The molecular formula is C15H19NO2. The van der Waals surface area contributed by atoms with Gasteiger partial charge in [0.25, 0.3) is 0 Å². The van der Waals surface area contributed by atoms with E-state index < -0.39 is 6.10 Å². The quantitative estimate of drug-likeness (QED) is 0.577. The Morgan fingerprint density at radius 1 is 1.33 bits per heavy atom. The van der Waals surface area contributed by atoms with Crippen LogP contribution in [-0.4, -0.2) is 47.5 Å². The molecule has 0 saturated heterocycles. The molecule has 96 valence electrons. The number of hydrogen-bond donors (Lipinski definition) is 2. The summed E-state index contributed by atoms with van der Waals surface area (Å²) in [6, 6.07) is 9.75. The number of aliphatic hydroxyl groups is 2. The molecule has 0 aliphatic carbocycles. The largest absolute Gasteiger partial charge is 0.394 e. The molecule has 0 amide bonds. The zero-order chi connectivity index (χ0) is 13.2. The van der Waals surface area contributed by atoms with Crippen LogP contribution in [-0.2, 0) is 0 Å². The number of rotatable bonds is 6. The average molecular weight is 245 g/mol. The summed E-state index contributed by atoms with van der Waals surface area (Å²) >= 11 is 0. The Labute approximate surface area is 108 Å². The maximum atomic E-state index is 9.40. The van der Waals surface area contributed by atoms with E-state index in [2.05, 4.69) is 18.4 Å². The van der Waals surface area contributed by atoms with Gasteiger partial charge in [-0.3, -0.25) is 4.90 Å². The van der Waals surface area contributed by atoms with Gasteiger partial charge in [0.2, 0.25) is 0 Å². The van der Waals surface area contributed by atoms with Gasteiger partial charge in [0.05, 0.1) is 19.3 Å². The highest BCUT2D eigenvalue weighted by Crippen LogP contribution is 1.96. The van der Waals surface area contributed by atoms with Gasteiger partial charge in [-0.1, -0.05) is 36.1 Å². The Balaban J connectivity index is 2.51. The lowest BCUT2D eigenvalue weighted by Crippen LogP contribution is -2.34. The monoisotopic (exact) mass is 245 g/mol. The Kier molecular flexibility index (Phi) is 6.82. The molecule has 2 N–H and O–H groups in total. The van der Waals surface area contributed by atoms with Crippen LogP contribution in [0.3, 0.4) is 0 Å². The predicted octanol–water partition coefficient (Wildman–Crippen LogP) is 0.879. The van der Waals surface area contributed by atoms with E-state index in [4.69, 9.17) is 5.11 Å². The van der Waals surface area contributed by atoms with Crippen LogP contribution in [0.2, 0.25) is 0 Å². The van der Waals surface area contributed by atoms with Crippen molar-refractivity contribution in [2.45, 2.75) is 6.10 Å². The van der Waals surface area contributed by atoms with E-state index in [0.717, 1.165) is 5.56 Å². The first-order valence-electron chi connectivity index (χ1n) is 5.92. The number of benzene rings is 1. The van der Waals surface area contributed by atoms with Crippen molar-refractivity contribution in [2.24, 2.45) is 0 Å². The number of aliphatic hydroxyl groups excluding tert-OH is 2. The molecule has 1 rings (SSSR count). The molecule has 0 spiro atoms. The normalized spacial score (nSPS) is 11.7. The minimum absolute atomic E-state index is 0.236. The van der Waals surface area contributed by atoms with E-state index in [0.29, 0.717) is 19.6 Å². The lowest BCUT2D eigenvalue weighted by Gasteiger charge is -2.20. The SMILES string of the molecule is C=CCN(CC#Cc1ccccc1)CC(O)CO. The first kappa shape index (κ1) is 14.5. The maximum Gasteiger partial charge on any atom is 0.0897 e. The Morgan fingerprint density at radius 2 is 2.06 bits per heavy atom. The molecule has 3 heteroatoms. The molecule has 0 fully saturated rings. The molecule has 0 radical (unpaired) electrons. The summed E-state index contributed by atoms with van der Waals surface area (Å²) in [7, 11) is 0. The fourth-order valence-corrected chi connectivity index (χ4v) is 1.52. The van der Waals surface area contributed by atoms with Crippen LogP contribution >= 0.6 is 0 Å². The smallest absolute Gasteiger partial charge is 0.0897 e. The van der Waals surface area contributed by atoms with Gasteiger partial charge in [0, 0.05) is 18.7 Å². The fraction of sp³-hybridized carbons (Fsp3) is 0.333. The Morgan fingerprint density at radius 3 is 2.67 bits per heavy atom. The van der Waals surface area contributed by atoms with Crippen LogP contribution < -0.4 is 0 Å². The summed E-state index contributed by atoms with van der Waals surface area (Å²) in [4.78, 5) is 1.93. The van der Waals surface area contributed by atoms with Crippen LogP contribution in [0.1, 0.15) is 5.56 Å². The molecule has 0 aliphatic rings. The minimum Gasteiger partial charge on any atom is -0.394 e.